The summed E-state index contributed by atoms with van der Waals surface area (Å²) >= 11 is 0. The Bertz CT molecular complexity index is 1460. The summed E-state index contributed by atoms with van der Waals surface area (Å²) in [6.45, 7) is 0.804. The minimum absolute atomic E-state index is 0.000766. The van der Waals surface area contributed by atoms with Gasteiger partial charge in [-0.25, -0.2) is 9.37 Å². The number of fused-ring (bicyclic) bond motifs is 1. The number of amides is 3. The van der Waals surface area contributed by atoms with Gasteiger partial charge in [0.25, 0.3) is 11.5 Å². The predicted octanol–water partition coefficient (Wildman–Crippen LogP) is 1.12. The van der Waals surface area contributed by atoms with E-state index >= 15 is 0 Å². The molecule has 1 aromatic heterocycles. The first-order valence-corrected chi connectivity index (χ1v) is 12.7. The van der Waals surface area contributed by atoms with Gasteiger partial charge in [0, 0.05) is 46.8 Å². The van der Waals surface area contributed by atoms with Gasteiger partial charge in [-0.1, -0.05) is 42.5 Å². The molecule has 1 atom stereocenters. The number of rotatable bonds is 6. The maximum atomic E-state index is 13.5. The summed E-state index contributed by atoms with van der Waals surface area (Å²) in [5.41, 5.74) is 0.0172. The lowest BCUT2D eigenvalue weighted by Gasteiger charge is -2.33. The molecule has 0 aliphatic carbocycles. The Morgan fingerprint density at radius 3 is 2.35 bits per heavy atom. The standard InChI is InChI=1S/C28H31FN6O5/c1-32(2)27(39)28(40)35(16-19-7-5-4-6-8-19)21-17-33(3)13-14-34-24(21)31-22(23(36)26(34)38)25(37)30-15-18-9-11-20(29)12-10-18/h4-12,21,36H,13-17H2,1-3H3,(H,30,37). The summed E-state index contributed by atoms with van der Waals surface area (Å²) in [5, 5.41) is 13.3. The third kappa shape index (κ3) is 6.18. The molecule has 3 amide bonds. The van der Waals surface area contributed by atoms with Crippen molar-refractivity contribution >= 4 is 17.7 Å². The molecule has 0 fully saturated rings. The molecule has 2 N–H and O–H groups in total. The van der Waals surface area contributed by atoms with E-state index in [0.717, 1.165) is 5.56 Å². The lowest BCUT2D eigenvalue weighted by Crippen LogP contribution is -2.47. The lowest BCUT2D eigenvalue weighted by atomic mass is 10.1. The highest BCUT2D eigenvalue weighted by Crippen LogP contribution is 2.27. The number of hydrogen-bond donors (Lipinski definition) is 2. The lowest BCUT2D eigenvalue weighted by molar-refractivity contribution is -0.152. The Morgan fingerprint density at radius 1 is 1.02 bits per heavy atom. The number of benzene rings is 2. The molecule has 4 rings (SSSR count). The molecule has 3 aromatic rings. The molecule has 12 heteroatoms. The van der Waals surface area contributed by atoms with Crippen LogP contribution in [-0.2, 0) is 29.2 Å². The summed E-state index contributed by atoms with van der Waals surface area (Å²) in [7, 11) is 4.75. The minimum atomic E-state index is -0.902. The molecule has 11 nitrogen and oxygen atoms in total. The fraction of sp³-hybridized carbons (Fsp3) is 0.321. The highest BCUT2D eigenvalue weighted by molar-refractivity contribution is 6.34. The van der Waals surface area contributed by atoms with Crippen LogP contribution in [0.15, 0.2) is 59.4 Å². The van der Waals surface area contributed by atoms with Crippen LogP contribution in [0, 0.1) is 5.82 Å². The number of hydrogen-bond acceptors (Lipinski definition) is 7. The number of halogens is 1. The van der Waals surface area contributed by atoms with Gasteiger partial charge >= 0.3 is 11.8 Å². The summed E-state index contributed by atoms with van der Waals surface area (Å²) in [6, 6.07) is 13.7. The highest BCUT2D eigenvalue weighted by atomic mass is 19.1. The molecule has 210 valence electrons. The zero-order valence-electron chi connectivity index (χ0n) is 22.5. The predicted molar refractivity (Wildman–Crippen MR) is 144 cm³/mol. The quantitative estimate of drug-likeness (QED) is 0.441. The number of aromatic hydroxyl groups is 1. The summed E-state index contributed by atoms with van der Waals surface area (Å²) in [6.07, 6.45) is 0. The Labute approximate surface area is 230 Å². The smallest absolute Gasteiger partial charge is 0.313 e. The van der Waals surface area contributed by atoms with Gasteiger partial charge in [-0.3, -0.25) is 23.7 Å². The summed E-state index contributed by atoms with van der Waals surface area (Å²) in [5.74, 6) is -3.54. The number of carbonyl (C=O) groups excluding carboxylic acids is 3. The van der Waals surface area contributed by atoms with Gasteiger partial charge in [0.15, 0.2) is 5.69 Å². The van der Waals surface area contributed by atoms with Gasteiger partial charge in [0.05, 0.1) is 0 Å². The normalized spacial score (nSPS) is 15.1. The highest BCUT2D eigenvalue weighted by Gasteiger charge is 2.37. The Balaban J connectivity index is 1.77. The van der Waals surface area contributed by atoms with E-state index in [1.807, 2.05) is 35.2 Å². The van der Waals surface area contributed by atoms with Gasteiger partial charge in [0.1, 0.15) is 17.7 Å². The number of carbonyl (C=O) groups is 3. The van der Waals surface area contributed by atoms with Crippen LogP contribution in [0.3, 0.4) is 0 Å². The maximum absolute atomic E-state index is 13.5. The van der Waals surface area contributed by atoms with Crippen LogP contribution in [0.5, 0.6) is 5.75 Å². The Hall–Kier alpha value is -4.58. The average molecular weight is 551 g/mol. The van der Waals surface area contributed by atoms with Crippen molar-refractivity contribution in [1.29, 1.82) is 0 Å². The van der Waals surface area contributed by atoms with E-state index in [2.05, 4.69) is 10.3 Å². The Kier molecular flexibility index (Phi) is 8.58. The molecule has 0 spiro atoms. The van der Waals surface area contributed by atoms with Crippen molar-refractivity contribution < 1.29 is 23.9 Å². The molecule has 1 aliphatic heterocycles. The molecule has 2 aromatic carbocycles. The van der Waals surface area contributed by atoms with Crippen LogP contribution >= 0.6 is 0 Å². The van der Waals surface area contributed by atoms with Crippen molar-refractivity contribution in [3.63, 3.8) is 0 Å². The molecular formula is C28H31FN6O5. The van der Waals surface area contributed by atoms with Crippen molar-refractivity contribution in [2.75, 3.05) is 34.2 Å². The van der Waals surface area contributed by atoms with E-state index in [1.54, 1.807) is 7.05 Å². The van der Waals surface area contributed by atoms with Gasteiger partial charge in [-0.15, -0.1) is 0 Å². The van der Waals surface area contributed by atoms with Crippen LogP contribution in [-0.4, -0.2) is 81.3 Å². The molecule has 0 radical (unpaired) electrons. The number of nitrogens with zero attached hydrogens (tertiary/aromatic N) is 5. The van der Waals surface area contributed by atoms with Crippen molar-refractivity contribution in [1.82, 2.24) is 29.6 Å². The molecule has 40 heavy (non-hydrogen) atoms. The molecule has 0 saturated carbocycles. The topological polar surface area (TPSA) is 128 Å². The minimum Gasteiger partial charge on any atom is -0.501 e. The second kappa shape index (κ2) is 12.1. The van der Waals surface area contributed by atoms with E-state index in [4.69, 9.17) is 0 Å². The molecule has 0 saturated heterocycles. The number of likely N-dealkylation sites (N-methyl/N-ethyl adjacent to an activating group) is 2. The third-order valence-electron chi connectivity index (χ3n) is 6.67. The molecule has 1 unspecified atom stereocenters. The first-order valence-electron chi connectivity index (χ1n) is 12.7. The fourth-order valence-corrected chi connectivity index (χ4v) is 4.45. The second-order valence-electron chi connectivity index (χ2n) is 9.83. The first-order chi connectivity index (χ1) is 19.1. The van der Waals surface area contributed by atoms with Gasteiger partial charge in [-0.2, -0.15) is 0 Å². The fourth-order valence-electron chi connectivity index (χ4n) is 4.45. The van der Waals surface area contributed by atoms with E-state index in [1.165, 1.54) is 52.7 Å². The van der Waals surface area contributed by atoms with E-state index in [9.17, 15) is 28.7 Å². The van der Waals surface area contributed by atoms with Crippen molar-refractivity contribution in [3.05, 3.63) is 93.4 Å². The van der Waals surface area contributed by atoms with E-state index in [0.29, 0.717) is 12.1 Å². The zero-order chi connectivity index (χ0) is 29.0. The SMILES string of the molecule is CN1CCn2c(nc(C(=O)NCc3ccc(F)cc3)c(O)c2=O)C(N(Cc2ccccc2)C(=O)C(=O)N(C)C)C1. The molecule has 0 bridgehead atoms. The van der Waals surface area contributed by atoms with Crippen molar-refractivity contribution in [3.8, 4) is 5.75 Å². The molecule has 1 aliphatic rings. The Morgan fingerprint density at radius 2 is 1.70 bits per heavy atom. The van der Waals surface area contributed by atoms with Gasteiger partial charge in [-0.05, 0) is 30.3 Å². The van der Waals surface area contributed by atoms with Crippen LogP contribution in [0.25, 0.3) is 0 Å². The van der Waals surface area contributed by atoms with Crippen LogP contribution in [0.2, 0.25) is 0 Å². The van der Waals surface area contributed by atoms with Gasteiger partial charge in [0.2, 0.25) is 5.75 Å². The van der Waals surface area contributed by atoms with E-state index in [-0.39, 0.29) is 32.0 Å². The van der Waals surface area contributed by atoms with Crippen LogP contribution < -0.4 is 10.9 Å². The molecule has 2 heterocycles. The second-order valence-corrected chi connectivity index (χ2v) is 9.83. The first kappa shape index (κ1) is 28.4. The van der Waals surface area contributed by atoms with Crippen molar-refractivity contribution in [2.45, 2.75) is 25.7 Å². The maximum Gasteiger partial charge on any atom is 0.313 e. The summed E-state index contributed by atoms with van der Waals surface area (Å²) in [4.78, 5) is 61.6. The molecular weight excluding hydrogens is 519 g/mol. The van der Waals surface area contributed by atoms with Crippen molar-refractivity contribution in [2.24, 2.45) is 0 Å². The van der Waals surface area contributed by atoms with Crippen LogP contribution in [0.1, 0.15) is 33.5 Å². The third-order valence-corrected chi connectivity index (χ3v) is 6.67. The van der Waals surface area contributed by atoms with Crippen LogP contribution in [0.4, 0.5) is 4.39 Å². The average Bonchev–Trinajstić information content (AvgIpc) is 3.11. The number of nitrogens with one attached hydrogen (secondary N) is 1. The summed E-state index contributed by atoms with van der Waals surface area (Å²) < 4.78 is 14.5. The van der Waals surface area contributed by atoms with E-state index < -0.39 is 46.6 Å². The number of aromatic nitrogens is 2. The van der Waals surface area contributed by atoms with Gasteiger partial charge < -0.3 is 25.1 Å². The zero-order valence-corrected chi connectivity index (χ0v) is 22.5. The largest absolute Gasteiger partial charge is 0.501 e. The monoisotopic (exact) mass is 550 g/mol.